The van der Waals surface area contributed by atoms with Crippen LogP contribution in [-0.2, 0) is 11.2 Å². The number of carbonyl (C=O) groups is 1. The van der Waals surface area contributed by atoms with Gasteiger partial charge in [-0.05, 0) is 44.0 Å². The van der Waals surface area contributed by atoms with E-state index in [0.717, 1.165) is 51.1 Å². The molecule has 0 bridgehead atoms. The molecule has 2 aliphatic heterocycles. The van der Waals surface area contributed by atoms with Crippen molar-refractivity contribution in [1.82, 2.24) is 15.1 Å². The molecule has 2 fully saturated rings. The van der Waals surface area contributed by atoms with Crippen LogP contribution in [-0.4, -0.2) is 67.8 Å². The summed E-state index contributed by atoms with van der Waals surface area (Å²) in [7, 11) is 2.10. The summed E-state index contributed by atoms with van der Waals surface area (Å²) in [6.07, 6.45) is 2.71. The van der Waals surface area contributed by atoms with Gasteiger partial charge in [0.25, 0.3) is 0 Å². The van der Waals surface area contributed by atoms with E-state index in [1.54, 1.807) is 12.1 Å². The molecule has 0 radical (unpaired) electrons. The van der Waals surface area contributed by atoms with Crippen LogP contribution < -0.4 is 5.32 Å². The number of benzene rings is 1. The molecule has 1 aromatic rings. The highest BCUT2D eigenvalue weighted by Crippen LogP contribution is 2.21. The third-order valence-corrected chi connectivity index (χ3v) is 4.96. The van der Waals surface area contributed by atoms with Crippen molar-refractivity contribution in [2.75, 3.05) is 39.8 Å². The van der Waals surface area contributed by atoms with Crippen molar-refractivity contribution in [1.29, 1.82) is 0 Å². The molecule has 2 amide bonds. The first kappa shape index (κ1) is 17.2. The minimum atomic E-state index is -0.210. The second-order valence-corrected chi connectivity index (χ2v) is 6.66. The number of hydrogen-bond acceptors (Lipinski definition) is 3. The molecule has 0 unspecified atom stereocenters. The Kier molecular flexibility index (Phi) is 5.68. The van der Waals surface area contributed by atoms with Crippen LogP contribution in [0.3, 0.4) is 0 Å². The van der Waals surface area contributed by atoms with E-state index in [9.17, 15) is 9.18 Å². The van der Waals surface area contributed by atoms with Crippen LogP contribution in [0.1, 0.15) is 18.4 Å². The predicted molar refractivity (Wildman–Crippen MR) is 90.5 cm³/mol. The molecule has 1 aromatic carbocycles. The SMILES string of the molecule is CN1CCO[C@H]2CCN(C(=O)NCCCc3cccc(F)c3)C[C@H]21. The Bertz CT molecular complexity index is 569. The van der Waals surface area contributed by atoms with Gasteiger partial charge in [-0.15, -0.1) is 0 Å². The van der Waals surface area contributed by atoms with E-state index >= 15 is 0 Å². The van der Waals surface area contributed by atoms with Crippen molar-refractivity contribution in [2.45, 2.75) is 31.4 Å². The summed E-state index contributed by atoms with van der Waals surface area (Å²) < 4.78 is 18.9. The average Bonchev–Trinajstić information content (AvgIpc) is 2.59. The standard InChI is InChI=1S/C18H26FN3O2/c1-21-10-11-24-17-7-9-22(13-16(17)21)18(23)20-8-3-5-14-4-2-6-15(19)12-14/h2,4,6,12,16-17H,3,5,7-11,13H2,1H3,(H,20,23)/t16-,17+/m1/s1. The van der Waals surface area contributed by atoms with Crippen LogP contribution in [0.5, 0.6) is 0 Å². The molecular weight excluding hydrogens is 309 g/mol. The summed E-state index contributed by atoms with van der Waals surface area (Å²) in [5, 5.41) is 2.98. The van der Waals surface area contributed by atoms with Crippen LogP contribution in [0.15, 0.2) is 24.3 Å². The summed E-state index contributed by atoms with van der Waals surface area (Å²) in [5.74, 6) is -0.210. The van der Waals surface area contributed by atoms with Gasteiger partial charge in [0.2, 0.25) is 0 Å². The number of urea groups is 1. The van der Waals surface area contributed by atoms with E-state index in [2.05, 4.69) is 17.3 Å². The molecule has 0 spiro atoms. The van der Waals surface area contributed by atoms with Crippen molar-refractivity contribution in [3.05, 3.63) is 35.6 Å². The van der Waals surface area contributed by atoms with E-state index in [-0.39, 0.29) is 18.0 Å². The fraction of sp³-hybridized carbons (Fsp3) is 0.611. The highest BCUT2D eigenvalue weighted by Gasteiger charge is 2.36. The molecule has 24 heavy (non-hydrogen) atoms. The minimum absolute atomic E-state index is 0.00772. The summed E-state index contributed by atoms with van der Waals surface area (Å²) in [5.41, 5.74) is 0.964. The average molecular weight is 335 g/mol. The quantitative estimate of drug-likeness (QED) is 0.855. The number of hydrogen-bond donors (Lipinski definition) is 1. The summed E-state index contributed by atoms with van der Waals surface area (Å²) in [4.78, 5) is 16.5. The van der Waals surface area contributed by atoms with Crippen molar-refractivity contribution in [2.24, 2.45) is 0 Å². The van der Waals surface area contributed by atoms with Gasteiger partial charge < -0.3 is 15.0 Å². The Morgan fingerprint density at radius 1 is 1.42 bits per heavy atom. The lowest BCUT2D eigenvalue weighted by atomic mass is 9.99. The van der Waals surface area contributed by atoms with Gasteiger partial charge in [0.15, 0.2) is 0 Å². The Hall–Kier alpha value is -1.66. The number of nitrogens with one attached hydrogen (secondary N) is 1. The second kappa shape index (κ2) is 7.94. The number of carbonyl (C=O) groups excluding carboxylic acids is 1. The summed E-state index contributed by atoms with van der Waals surface area (Å²) >= 11 is 0. The number of fused-ring (bicyclic) bond motifs is 1. The molecule has 6 heteroatoms. The molecule has 0 saturated carbocycles. The van der Waals surface area contributed by atoms with Gasteiger partial charge in [-0.3, -0.25) is 4.90 Å². The minimum Gasteiger partial charge on any atom is -0.375 e. The predicted octanol–water partition coefficient (Wildman–Crippen LogP) is 1.87. The highest BCUT2D eigenvalue weighted by atomic mass is 19.1. The van der Waals surface area contributed by atoms with E-state index < -0.39 is 0 Å². The zero-order valence-electron chi connectivity index (χ0n) is 14.2. The molecular formula is C18H26FN3O2. The summed E-state index contributed by atoms with van der Waals surface area (Å²) in [6, 6.07) is 6.91. The fourth-order valence-corrected chi connectivity index (χ4v) is 3.52. The lowest BCUT2D eigenvalue weighted by Crippen LogP contribution is -2.60. The van der Waals surface area contributed by atoms with Gasteiger partial charge in [0, 0.05) is 26.2 Å². The third kappa shape index (κ3) is 4.24. The van der Waals surface area contributed by atoms with Crippen LogP contribution in [0.2, 0.25) is 0 Å². The number of nitrogens with zero attached hydrogens (tertiary/aromatic N) is 2. The summed E-state index contributed by atoms with van der Waals surface area (Å²) in [6.45, 7) is 3.77. The third-order valence-electron chi connectivity index (χ3n) is 4.96. The lowest BCUT2D eigenvalue weighted by molar-refractivity contribution is -0.0881. The van der Waals surface area contributed by atoms with Gasteiger partial charge in [0.05, 0.1) is 18.8 Å². The number of amides is 2. The molecule has 3 rings (SSSR count). The zero-order valence-corrected chi connectivity index (χ0v) is 14.2. The lowest BCUT2D eigenvalue weighted by Gasteiger charge is -2.45. The molecule has 1 N–H and O–H groups in total. The van der Waals surface area contributed by atoms with Gasteiger partial charge in [-0.25, -0.2) is 9.18 Å². The zero-order chi connectivity index (χ0) is 16.9. The van der Waals surface area contributed by atoms with Crippen LogP contribution >= 0.6 is 0 Å². The van der Waals surface area contributed by atoms with Crippen LogP contribution in [0.4, 0.5) is 9.18 Å². The van der Waals surface area contributed by atoms with Gasteiger partial charge in [0.1, 0.15) is 5.82 Å². The Labute approximate surface area is 142 Å². The Balaban J connectivity index is 1.40. The van der Waals surface area contributed by atoms with Gasteiger partial charge in [-0.2, -0.15) is 0 Å². The molecule has 132 valence electrons. The van der Waals surface area contributed by atoms with Crippen molar-refractivity contribution in [3.8, 4) is 0 Å². The van der Waals surface area contributed by atoms with E-state index in [4.69, 9.17) is 4.74 Å². The van der Waals surface area contributed by atoms with Crippen LogP contribution in [0.25, 0.3) is 0 Å². The number of rotatable bonds is 4. The van der Waals surface area contributed by atoms with Crippen molar-refractivity contribution < 1.29 is 13.9 Å². The largest absolute Gasteiger partial charge is 0.375 e. The molecule has 0 aliphatic carbocycles. The number of ether oxygens (including phenoxy) is 1. The highest BCUT2D eigenvalue weighted by molar-refractivity contribution is 5.74. The fourth-order valence-electron chi connectivity index (χ4n) is 3.52. The number of aryl methyl sites for hydroxylation is 1. The van der Waals surface area contributed by atoms with E-state index in [1.165, 1.54) is 6.07 Å². The molecule has 2 saturated heterocycles. The first-order chi connectivity index (χ1) is 11.6. The second-order valence-electron chi connectivity index (χ2n) is 6.66. The Morgan fingerprint density at radius 2 is 2.29 bits per heavy atom. The molecule has 2 atom stereocenters. The van der Waals surface area contributed by atoms with E-state index in [1.807, 2.05) is 11.0 Å². The van der Waals surface area contributed by atoms with Crippen LogP contribution in [0, 0.1) is 5.82 Å². The maximum Gasteiger partial charge on any atom is 0.317 e. The molecule has 2 heterocycles. The number of halogens is 1. The van der Waals surface area contributed by atoms with Crippen molar-refractivity contribution in [3.63, 3.8) is 0 Å². The maximum absolute atomic E-state index is 13.1. The first-order valence-electron chi connectivity index (χ1n) is 8.72. The number of piperidine rings is 1. The number of likely N-dealkylation sites (N-methyl/N-ethyl adjacent to an activating group) is 1. The van der Waals surface area contributed by atoms with Crippen molar-refractivity contribution >= 4 is 6.03 Å². The van der Waals surface area contributed by atoms with Gasteiger partial charge >= 0.3 is 6.03 Å². The van der Waals surface area contributed by atoms with E-state index in [0.29, 0.717) is 12.6 Å². The number of morpholine rings is 1. The molecule has 0 aromatic heterocycles. The maximum atomic E-state index is 13.1. The normalized spacial score (nSPS) is 24.5. The van der Waals surface area contributed by atoms with Gasteiger partial charge in [-0.1, -0.05) is 12.1 Å². The molecule has 5 nitrogen and oxygen atoms in total. The Morgan fingerprint density at radius 3 is 3.12 bits per heavy atom. The smallest absolute Gasteiger partial charge is 0.317 e. The first-order valence-corrected chi connectivity index (χ1v) is 8.72. The molecule has 2 aliphatic rings. The topological polar surface area (TPSA) is 44.8 Å². The number of likely N-dealkylation sites (tertiary alicyclic amines) is 1. The monoisotopic (exact) mass is 335 g/mol.